The summed E-state index contributed by atoms with van der Waals surface area (Å²) in [7, 11) is 0. The second-order valence-electron chi connectivity index (χ2n) is 11.2. The van der Waals surface area contributed by atoms with Crippen molar-refractivity contribution in [2.75, 3.05) is 11.5 Å². The monoisotopic (exact) mass is 614 g/mol. The van der Waals surface area contributed by atoms with Gasteiger partial charge in [-0.3, -0.25) is 0 Å². The lowest BCUT2D eigenvalue weighted by atomic mass is 10.1. The van der Waals surface area contributed by atoms with Gasteiger partial charge in [0.1, 0.15) is 11.5 Å². The summed E-state index contributed by atoms with van der Waals surface area (Å²) < 4.78 is 13.9. The highest BCUT2D eigenvalue weighted by molar-refractivity contribution is 6.10. The molecule has 0 saturated heterocycles. The Morgan fingerprint density at radius 3 is 2.02 bits per heavy atom. The molecule has 0 unspecified atom stereocenters. The van der Waals surface area contributed by atoms with Gasteiger partial charge in [0, 0.05) is 50.7 Å². The molecule has 2 heterocycles. The molecule has 47 heavy (non-hydrogen) atoms. The van der Waals surface area contributed by atoms with Crippen LogP contribution in [0.2, 0.25) is 0 Å². The van der Waals surface area contributed by atoms with Crippen LogP contribution in [0.15, 0.2) is 150 Å². The second kappa shape index (κ2) is 11.9. The number of benzene rings is 6. The van der Waals surface area contributed by atoms with Gasteiger partial charge >= 0.3 is 0 Å². The summed E-state index contributed by atoms with van der Waals surface area (Å²) in [4.78, 5) is 2.25. The summed E-state index contributed by atoms with van der Waals surface area (Å²) in [5, 5.41) is 21.1. The van der Waals surface area contributed by atoms with E-state index in [1.54, 1.807) is 18.2 Å². The highest BCUT2D eigenvalue weighted by Crippen LogP contribution is 2.40. The normalized spacial score (nSPS) is 11.3. The Bertz CT molecular complexity index is 2330. The van der Waals surface area contributed by atoms with E-state index in [4.69, 9.17) is 9.15 Å². The van der Waals surface area contributed by atoms with Gasteiger partial charge in [0.25, 0.3) is 0 Å². The lowest BCUT2D eigenvalue weighted by Gasteiger charge is -2.25. The van der Waals surface area contributed by atoms with E-state index in [0.29, 0.717) is 29.7 Å². The minimum absolute atomic E-state index is 0.0684. The number of phenols is 1. The van der Waals surface area contributed by atoms with E-state index in [9.17, 15) is 5.11 Å². The SMILES string of the molecule is CCOc1cc(O)cc(-c2nnc(-c3ccc(N(c4ccccc4)c4ccc5c(c4)c4ccccc4n5-c4ccccc4)cc3)o2)c1. The third-order valence-electron chi connectivity index (χ3n) is 8.19. The zero-order valence-electron chi connectivity index (χ0n) is 25.6. The van der Waals surface area contributed by atoms with E-state index in [1.165, 1.54) is 16.3 Å². The van der Waals surface area contributed by atoms with Crippen LogP contribution in [0.3, 0.4) is 0 Å². The topological polar surface area (TPSA) is 76.6 Å². The van der Waals surface area contributed by atoms with Gasteiger partial charge < -0.3 is 23.7 Å². The largest absolute Gasteiger partial charge is 0.508 e. The van der Waals surface area contributed by atoms with Crippen LogP contribution < -0.4 is 9.64 Å². The molecule has 0 aliphatic heterocycles. The summed E-state index contributed by atoms with van der Waals surface area (Å²) in [5.74, 6) is 1.29. The molecule has 0 atom stereocenters. The van der Waals surface area contributed by atoms with Gasteiger partial charge in [-0.2, -0.15) is 0 Å². The molecule has 6 aromatic carbocycles. The Labute approximate surface area is 271 Å². The van der Waals surface area contributed by atoms with Gasteiger partial charge in [0.2, 0.25) is 11.8 Å². The van der Waals surface area contributed by atoms with Crippen molar-refractivity contribution in [3.8, 4) is 40.1 Å². The number of aromatic hydroxyl groups is 1. The molecule has 7 nitrogen and oxygen atoms in total. The number of hydrogen-bond donors (Lipinski definition) is 1. The maximum absolute atomic E-state index is 10.2. The molecule has 7 heteroatoms. The average molecular weight is 615 g/mol. The maximum Gasteiger partial charge on any atom is 0.248 e. The van der Waals surface area contributed by atoms with Gasteiger partial charge in [-0.1, -0.05) is 54.6 Å². The van der Waals surface area contributed by atoms with Crippen molar-refractivity contribution < 1.29 is 14.3 Å². The van der Waals surface area contributed by atoms with Gasteiger partial charge in [-0.15, -0.1) is 10.2 Å². The number of nitrogens with zero attached hydrogens (tertiary/aromatic N) is 4. The van der Waals surface area contributed by atoms with Crippen LogP contribution in [0, 0.1) is 0 Å². The van der Waals surface area contributed by atoms with Gasteiger partial charge in [0.05, 0.1) is 17.6 Å². The van der Waals surface area contributed by atoms with Crippen LogP contribution in [-0.4, -0.2) is 26.5 Å². The van der Waals surface area contributed by atoms with Crippen molar-refractivity contribution in [3.63, 3.8) is 0 Å². The third kappa shape index (κ3) is 5.23. The predicted octanol–water partition coefficient (Wildman–Crippen LogP) is 10.1. The Morgan fingerprint density at radius 2 is 1.26 bits per heavy atom. The molecule has 0 aliphatic carbocycles. The lowest BCUT2D eigenvalue weighted by Crippen LogP contribution is -2.09. The van der Waals surface area contributed by atoms with E-state index in [2.05, 4.69) is 123 Å². The van der Waals surface area contributed by atoms with Gasteiger partial charge in [-0.25, -0.2) is 0 Å². The lowest BCUT2D eigenvalue weighted by molar-refractivity contribution is 0.338. The Hall–Kier alpha value is -6.34. The molecule has 0 radical (unpaired) electrons. The first-order valence-electron chi connectivity index (χ1n) is 15.5. The number of fused-ring (bicyclic) bond motifs is 3. The quantitative estimate of drug-likeness (QED) is 0.184. The molecular formula is C40H30N4O3. The molecule has 0 aliphatic rings. The van der Waals surface area contributed by atoms with Crippen LogP contribution in [0.5, 0.6) is 11.5 Å². The fourth-order valence-corrected chi connectivity index (χ4v) is 6.15. The fourth-order valence-electron chi connectivity index (χ4n) is 6.15. The zero-order valence-corrected chi connectivity index (χ0v) is 25.6. The minimum atomic E-state index is 0.0684. The van der Waals surface area contributed by atoms with Crippen LogP contribution in [0.4, 0.5) is 17.1 Å². The van der Waals surface area contributed by atoms with E-state index in [1.807, 2.05) is 31.2 Å². The molecule has 0 bridgehead atoms. The summed E-state index contributed by atoms with van der Waals surface area (Å²) in [6.07, 6.45) is 0. The molecule has 0 fully saturated rings. The van der Waals surface area contributed by atoms with E-state index < -0.39 is 0 Å². The standard InChI is InChI=1S/C40H30N4O3/c1-2-46-34-24-28(23-33(45)26-34)40-42-41-39(47-40)27-17-19-31(20-18-27)43(29-11-5-3-6-12-29)32-21-22-38-36(25-32)35-15-9-10-16-37(35)44(38)30-13-7-4-8-14-30/h3-26,45H,2H2,1H3. The van der Waals surface area contributed by atoms with Crippen molar-refractivity contribution in [1.82, 2.24) is 14.8 Å². The number of rotatable bonds is 8. The fraction of sp³-hybridized carbons (Fsp3) is 0.0500. The number of hydrogen-bond acceptors (Lipinski definition) is 6. The maximum atomic E-state index is 10.2. The summed E-state index contributed by atoms with van der Waals surface area (Å²) >= 11 is 0. The molecular weight excluding hydrogens is 584 g/mol. The molecule has 228 valence electrons. The average Bonchev–Trinajstić information content (AvgIpc) is 3.73. The van der Waals surface area contributed by atoms with Crippen molar-refractivity contribution in [1.29, 1.82) is 0 Å². The zero-order chi connectivity index (χ0) is 31.7. The second-order valence-corrected chi connectivity index (χ2v) is 11.2. The number of phenolic OH excluding ortho intramolecular Hbond substituents is 1. The molecule has 8 aromatic rings. The first-order chi connectivity index (χ1) is 23.2. The summed E-state index contributed by atoms with van der Waals surface area (Å²) in [5.41, 5.74) is 7.89. The van der Waals surface area contributed by atoms with Crippen molar-refractivity contribution >= 4 is 38.9 Å². The highest BCUT2D eigenvalue weighted by Gasteiger charge is 2.18. The number of anilines is 3. The molecule has 2 aromatic heterocycles. The Balaban J connectivity index is 1.19. The van der Waals surface area contributed by atoms with Crippen molar-refractivity contribution in [3.05, 3.63) is 146 Å². The van der Waals surface area contributed by atoms with Crippen LogP contribution in [0.25, 0.3) is 50.4 Å². The van der Waals surface area contributed by atoms with Gasteiger partial charge in [0.15, 0.2) is 0 Å². The van der Waals surface area contributed by atoms with Gasteiger partial charge in [-0.05, 0) is 91.9 Å². The first kappa shape index (κ1) is 28.2. The Morgan fingerprint density at radius 1 is 0.617 bits per heavy atom. The van der Waals surface area contributed by atoms with Crippen molar-refractivity contribution in [2.24, 2.45) is 0 Å². The number of aromatic nitrogens is 3. The van der Waals surface area contributed by atoms with E-state index in [-0.39, 0.29) is 5.75 Å². The Kier molecular flexibility index (Phi) is 7.11. The van der Waals surface area contributed by atoms with E-state index in [0.717, 1.165) is 33.8 Å². The van der Waals surface area contributed by atoms with E-state index >= 15 is 0 Å². The molecule has 0 amide bonds. The molecule has 0 saturated carbocycles. The minimum Gasteiger partial charge on any atom is -0.508 e. The van der Waals surface area contributed by atoms with Crippen LogP contribution in [0.1, 0.15) is 6.92 Å². The van der Waals surface area contributed by atoms with Crippen LogP contribution in [-0.2, 0) is 0 Å². The predicted molar refractivity (Wildman–Crippen MR) is 187 cm³/mol. The molecule has 1 N–H and O–H groups in total. The van der Waals surface area contributed by atoms with Crippen LogP contribution >= 0.6 is 0 Å². The summed E-state index contributed by atoms with van der Waals surface area (Å²) in [6.45, 7) is 2.37. The molecule has 0 spiro atoms. The summed E-state index contributed by atoms with van der Waals surface area (Å²) in [6, 6.07) is 49.0. The molecule has 8 rings (SSSR count). The highest BCUT2D eigenvalue weighted by atomic mass is 16.5. The number of para-hydroxylation sites is 3. The smallest absolute Gasteiger partial charge is 0.248 e. The third-order valence-corrected chi connectivity index (χ3v) is 8.19. The van der Waals surface area contributed by atoms with Crippen molar-refractivity contribution in [2.45, 2.75) is 6.92 Å². The first-order valence-corrected chi connectivity index (χ1v) is 15.5. The number of ether oxygens (including phenoxy) is 1.